The van der Waals surface area contributed by atoms with Crippen molar-refractivity contribution in [2.45, 2.75) is 26.2 Å². The third-order valence-electron chi connectivity index (χ3n) is 5.33. The molecule has 0 aliphatic carbocycles. The normalized spacial score (nSPS) is 21.9. The first-order chi connectivity index (χ1) is 12.4. The lowest BCUT2D eigenvalue weighted by atomic mass is 9.77. The molecular weight excluding hydrogens is 352 g/mol. The molecule has 0 bridgehead atoms. The number of aromatic nitrogens is 1. The maximum Gasteiger partial charge on any atom is 0.270 e. The molecule has 0 spiro atoms. The van der Waals surface area contributed by atoms with Crippen LogP contribution in [-0.2, 0) is 13.5 Å². The fourth-order valence-corrected chi connectivity index (χ4v) is 4.33. The van der Waals surface area contributed by atoms with Gasteiger partial charge in [-0.3, -0.25) is 4.79 Å². The monoisotopic (exact) mass is 374 g/mol. The molecule has 0 radical (unpaired) electrons. The average Bonchev–Trinajstić information content (AvgIpc) is 3.19. The number of aryl methyl sites for hydroxylation is 1. The number of hydrogen-bond donors (Lipinski definition) is 0. The van der Waals surface area contributed by atoms with E-state index in [0.29, 0.717) is 10.7 Å². The number of hydrogen-bond acceptors (Lipinski definition) is 3. The van der Waals surface area contributed by atoms with Crippen LogP contribution in [0.2, 0.25) is 5.02 Å². The number of ether oxygens (including phenoxy) is 2. The standard InChI is InChI=1S/C20H23ClN2O3/c1-20(10-14-4-5-17-18(8-14)26-13-25-17)6-3-7-23(12-20)19(24)16-9-15(21)11-22(16)2/h4-5,8-9,11H,3,6-7,10,12-13H2,1-2H3/t20-/m0/s1. The molecular formula is C20H23ClN2O3. The number of benzene rings is 1. The first-order valence-electron chi connectivity index (χ1n) is 8.93. The van der Waals surface area contributed by atoms with Crippen LogP contribution in [0.3, 0.4) is 0 Å². The average molecular weight is 375 g/mol. The molecule has 3 heterocycles. The topological polar surface area (TPSA) is 43.7 Å². The van der Waals surface area contributed by atoms with Crippen LogP contribution in [0.1, 0.15) is 35.8 Å². The molecule has 1 aromatic heterocycles. The second kappa shape index (κ2) is 6.54. The summed E-state index contributed by atoms with van der Waals surface area (Å²) in [4.78, 5) is 14.9. The predicted molar refractivity (Wildman–Crippen MR) is 99.9 cm³/mol. The van der Waals surface area contributed by atoms with E-state index in [1.165, 1.54) is 5.56 Å². The van der Waals surface area contributed by atoms with Gasteiger partial charge in [0.2, 0.25) is 6.79 Å². The number of rotatable bonds is 3. The molecule has 1 amide bonds. The Morgan fingerprint density at radius 2 is 2.08 bits per heavy atom. The Hall–Kier alpha value is -2.14. The highest BCUT2D eigenvalue weighted by molar-refractivity contribution is 6.31. The van der Waals surface area contributed by atoms with Gasteiger partial charge in [-0.2, -0.15) is 0 Å². The summed E-state index contributed by atoms with van der Waals surface area (Å²) >= 11 is 6.04. The second-order valence-electron chi connectivity index (χ2n) is 7.66. The zero-order valence-electron chi connectivity index (χ0n) is 15.1. The van der Waals surface area contributed by atoms with Crippen LogP contribution in [0.5, 0.6) is 11.5 Å². The first kappa shape index (κ1) is 17.3. The maximum absolute atomic E-state index is 12.9. The van der Waals surface area contributed by atoms with Crippen molar-refractivity contribution in [2.24, 2.45) is 12.5 Å². The van der Waals surface area contributed by atoms with Crippen LogP contribution in [-0.4, -0.2) is 35.3 Å². The molecule has 6 heteroatoms. The Balaban J connectivity index is 1.50. The number of carbonyl (C=O) groups excluding carboxylic acids is 1. The molecule has 1 saturated heterocycles. The van der Waals surface area contributed by atoms with Crippen LogP contribution < -0.4 is 9.47 Å². The van der Waals surface area contributed by atoms with Crippen molar-refractivity contribution in [2.75, 3.05) is 19.9 Å². The second-order valence-corrected chi connectivity index (χ2v) is 8.10. The summed E-state index contributed by atoms with van der Waals surface area (Å²) in [5.41, 5.74) is 1.90. The molecule has 0 unspecified atom stereocenters. The van der Waals surface area contributed by atoms with Gasteiger partial charge >= 0.3 is 0 Å². The van der Waals surface area contributed by atoms with Crippen LogP contribution in [0, 0.1) is 5.41 Å². The molecule has 0 N–H and O–H groups in total. The molecule has 1 fully saturated rings. The lowest BCUT2D eigenvalue weighted by Gasteiger charge is -2.40. The van der Waals surface area contributed by atoms with Crippen molar-refractivity contribution in [1.82, 2.24) is 9.47 Å². The van der Waals surface area contributed by atoms with Crippen LogP contribution in [0.4, 0.5) is 0 Å². The van der Waals surface area contributed by atoms with Crippen LogP contribution in [0.15, 0.2) is 30.5 Å². The molecule has 138 valence electrons. The van der Waals surface area contributed by atoms with E-state index in [0.717, 1.165) is 43.9 Å². The Labute approximate surface area is 158 Å². The number of nitrogens with zero attached hydrogens (tertiary/aromatic N) is 2. The van der Waals surface area contributed by atoms with Gasteiger partial charge in [-0.25, -0.2) is 0 Å². The highest BCUT2D eigenvalue weighted by Gasteiger charge is 2.34. The van der Waals surface area contributed by atoms with E-state index in [2.05, 4.69) is 19.1 Å². The van der Waals surface area contributed by atoms with Gasteiger partial charge in [0.15, 0.2) is 11.5 Å². The molecule has 2 aliphatic rings. The SMILES string of the molecule is Cn1cc(Cl)cc1C(=O)N1CCC[C@@](C)(Cc2ccc3c(c2)OCO3)C1. The summed E-state index contributed by atoms with van der Waals surface area (Å²) in [6.07, 6.45) is 4.77. The van der Waals surface area contributed by atoms with Crippen molar-refractivity contribution in [3.63, 3.8) is 0 Å². The molecule has 5 nitrogen and oxygen atoms in total. The third-order valence-corrected chi connectivity index (χ3v) is 5.53. The van der Waals surface area contributed by atoms with Crippen molar-refractivity contribution < 1.29 is 14.3 Å². The molecule has 1 aromatic carbocycles. The summed E-state index contributed by atoms with van der Waals surface area (Å²) in [6.45, 7) is 4.08. The van der Waals surface area contributed by atoms with E-state index in [1.807, 2.05) is 18.0 Å². The Morgan fingerprint density at radius 1 is 1.27 bits per heavy atom. The lowest BCUT2D eigenvalue weighted by molar-refractivity contribution is 0.0541. The van der Waals surface area contributed by atoms with Crippen LogP contribution >= 0.6 is 11.6 Å². The maximum atomic E-state index is 12.9. The van der Waals surface area contributed by atoms with E-state index in [-0.39, 0.29) is 18.1 Å². The minimum absolute atomic E-state index is 0.0383. The van der Waals surface area contributed by atoms with E-state index in [9.17, 15) is 4.79 Å². The van der Waals surface area contributed by atoms with Gasteiger partial charge < -0.3 is 18.9 Å². The molecule has 0 saturated carbocycles. The smallest absolute Gasteiger partial charge is 0.270 e. The fourth-order valence-electron chi connectivity index (χ4n) is 4.08. The van der Waals surface area contributed by atoms with Crippen molar-refractivity contribution in [3.05, 3.63) is 46.7 Å². The first-order valence-corrected chi connectivity index (χ1v) is 9.31. The van der Waals surface area contributed by atoms with Gasteiger partial charge in [-0.15, -0.1) is 0 Å². The van der Waals surface area contributed by atoms with E-state index in [4.69, 9.17) is 21.1 Å². The Kier molecular flexibility index (Phi) is 4.35. The van der Waals surface area contributed by atoms with Crippen molar-refractivity contribution in [3.8, 4) is 11.5 Å². The molecule has 4 rings (SSSR count). The summed E-state index contributed by atoms with van der Waals surface area (Å²) in [5.74, 6) is 1.67. The van der Waals surface area contributed by atoms with E-state index >= 15 is 0 Å². The molecule has 2 aliphatic heterocycles. The van der Waals surface area contributed by atoms with Gasteiger partial charge in [0.25, 0.3) is 5.91 Å². The van der Waals surface area contributed by atoms with Gasteiger partial charge in [0.05, 0.1) is 5.02 Å². The number of amides is 1. The summed E-state index contributed by atoms with van der Waals surface area (Å²) < 4.78 is 12.7. The number of carbonyl (C=O) groups is 1. The third kappa shape index (κ3) is 3.28. The highest BCUT2D eigenvalue weighted by atomic mass is 35.5. The molecule has 2 aromatic rings. The minimum Gasteiger partial charge on any atom is -0.454 e. The summed E-state index contributed by atoms with van der Waals surface area (Å²) in [7, 11) is 1.86. The molecule has 26 heavy (non-hydrogen) atoms. The van der Waals surface area contributed by atoms with Crippen molar-refractivity contribution in [1.29, 1.82) is 0 Å². The fraction of sp³-hybridized carbons (Fsp3) is 0.450. The zero-order chi connectivity index (χ0) is 18.3. The Morgan fingerprint density at radius 3 is 2.85 bits per heavy atom. The van der Waals surface area contributed by atoms with Gasteiger partial charge in [0.1, 0.15) is 5.69 Å². The van der Waals surface area contributed by atoms with Gasteiger partial charge in [0, 0.05) is 26.3 Å². The summed E-state index contributed by atoms with van der Waals surface area (Å²) in [5, 5.41) is 0.594. The van der Waals surface area contributed by atoms with Gasteiger partial charge in [-0.05, 0) is 48.4 Å². The minimum atomic E-state index is 0.0383. The lowest BCUT2D eigenvalue weighted by Crippen LogP contribution is -2.46. The zero-order valence-corrected chi connectivity index (χ0v) is 15.9. The number of halogens is 1. The number of likely N-dealkylation sites (tertiary alicyclic amines) is 1. The van der Waals surface area contributed by atoms with E-state index in [1.54, 1.807) is 16.8 Å². The Bertz CT molecular complexity index is 848. The number of piperidine rings is 1. The molecule has 1 atom stereocenters. The highest BCUT2D eigenvalue weighted by Crippen LogP contribution is 2.38. The summed E-state index contributed by atoms with van der Waals surface area (Å²) in [6, 6.07) is 7.87. The quantitative estimate of drug-likeness (QED) is 0.818. The van der Waals surface area contributed by atoms with E-state index < -0.39 is 0 Å². The van der Waals surface area contributed by atoms with Crippen molar-refractivity contribution >= 4 is 17.5 Å². The van der Waals surface area contributed by atoms with Crippen LogP contribution in [0.25, 0.3) is 0 Å². The number of fused-ring (bicyclic) bond motifs is 1. The largest absolute Gasteiger partial charge is 0.454 e. The van der Waals surface area contributed by atoms with Gasteiger partial charge in [-0.1, -0.05) is 24.6 Å². The predicted octanol–water partition coefficient (Wildman–Crippen LogP) is 3.89.